The molecule has 6 nitrogen and oxygen atoms in total. The number of nitrogens with one attached hydrogen (secondary N) is 1. The average molecular weight is 348 g/mol. The number of carbonyl (C=O) groups is 1. The molecule has 1 saturated heterocycles. The molecule has 0 radical (unpaired) electrons. The lowest BCUT2D eigenvalue weighted by molar-refractivity contribution is -0.125. The van der Waals surface area contributed by atoms with Gasteiger partial charge in [-0.2, -0.15) is 5.10 Å². The highest BCUT2D eigenvalue weighted by atomic mass is 32.1. The highest BCUT2D eigenvalue weighted by Crippen LogP contribution is 2.18. The zero-order valence-electron chi connectivity index (χ0n) is 14.1. The van der Waals surface area contributed by atoms with Gasteiger partial charge in [0, 0.05) is 24.2 Å². The third-order valence-electron chi connectivity index (χ3n) is 4.09. The number of thiophene rings is 1. The van der Waals surface area contributed by atoms with Crippen molar-refractivity contribution in [3.63, 3.8) is 0 Å². The van der Waals surface area contributed by atoms with E-state index in [1.807, 2.05) is 48.4 Å². The minimum absolute atomic E-state index is 0.0568. The fourth-order valence-corrected chi connectivity index (χ4v) is 3.64. The highest BCUT2D eigenvalue weighted by Gasteiger charge is 2.23. The predicted molar refractivity (Wildman–Crippen MR) is 94.0 cm³/mol. The first-order valence-corrected chi connectivity index (χ1v) is 9.14. The van der Waals surface area contributed by atoms with Gasteiger partial charge in [-0.15, -0.1) is 11.3 Å². The summed E-state index contributed by atoms with van der Waals surface area (Å²) in [6.45, 7) is 7.36. The number of ether oxygens (including phenoxy) is 1. The summed E-state index contributed by atoms with van der Waals surface area (Å²) in [6, 6.07) is 4.11. The number of hydrogen-bond acceptors (Lipinski definition) is 5. The molecular weight excluding hydrogens is 324 g/mol. The molecule has 24 heavy (non-hydrogen) atoms. The smallest absolute Gasteiger partial charge is 0.234 e. The first kappa shape index (κ1) is 17.1. The van der Waals surface area contributed by atoms with Gasteiger partial charge in [0.05, 0.1) is 38.0 Å². The molecule has 0 spiro atoms. The fraction of sp³-hybridized carbons (Fsp3) is 0.529. The normalized spacial score (nSPS) is 20.0. The number of aromatic nitrogens is 2. The molecule has 2 atom stereocenters. The van der Waals surface area contributed by atoms with Crippen LogP contribution in [-0.2, 0) is 16.1 Å². The number of rotatable bonds is 6. The van der Waals surface area contributed by atoms with Crippen LogP contribution in [0.1, 0.15) is 23.4 Å². The summed E-state index contributed by atoms with van der Waals surface area (Å²) in [5.74, 6) is 0.0616. The van der Waals surface area contributed by atoms with Crippen molar-refractivity contribution in [1.82, 2.24) is 20.0 Å². The van der Waals surface area contributed by atoms with E-state index in [0.717, 1.165) is 25.2 Å². The second-order valence-corrected chi connectivity index (χ2v) is 7.25. The average Bonchev–Trinajstić information content (AvgIpc) is 3.19. The lowest BCUT2D eigenvalue weighted by Gasteiger charge is -2.32. The Kier molecular flexibility index (Phi) is 5.65. The van der Waals surface area contributed by atoms with Crippen LogP contribution in [0.25, 0.3) is 0 Å². The van der Waals surface area contributed by atoms with Gasteiger partial charge in [0.1, 0.15) is 0 Å². The molecule has 2 aromatic rings. The van der Waals surface area contributed by atoms with Gasteiger partial charge in [-0.25, -0.2) is 0 Å². The van der Waals surface area contributed by atoms with E-state index in [4.69, 9.17) is 4.74 Å². The second kappa shape index (κ2) is 7.92. The van der Waals surface area contributed by atoms with Crippen molar-refractivity contribution in [3.8, 4) is 0 Å². The third-order valence-corrected chi connectivity index (χ3v) is 5.15. The number of amides is 1. The Balaban J connectivity index is 1.47. The Labute approximate surface area is 146 Å². The third kappa shape index (κ3) is 4.66. The topological polar surface area (TPSA) is 59.4 Å². The molecule has 1 aliphatic heterocycles. The molecule has 3 rings (SSSR count). The molecule has 3 heterocycles. The molecule has 130 valence electrons. The number of nitrogens with zero attached hydrogens (tertiary/aromatic N) is 3. The molecule has 1 amide bonds. The van der Waals surface area contributed by atoms with Crippen LogP contribution in [0.2, 0.25) is 0 Å². The maximum atomic E-state index is 12.3. The number of aryl methyl sites for hydroxylation is 1. The summed E-state index contributed by atoms with van der Waals surface area (Å²) >= 11 is 1.66. The fourth-order valence-electron chi connectivity index (χ4n) is 2.91. The maximum absolute atomic E-state index is 12.3. The van der Waals surface area contributed by atoms with Gasteiger partial charge < -0.3 is 10.1 Å². The van der Waals surface area contributed by atoms with Crippen LogP contribution >= 0.6 is 11.3 Å². The van der Waals surface area contributed by atoms with Gasteiger partial charge in [0.2, 0.25) is 5.91 Å². The van der Waals surface area contributed by atoms with Gasteiger partial charge in [-0.05, 0) is 30.9 Å². The van der Waals surface area contributed by atoms with Crippen molar-refractivity contribution in [3.05, 3.63) is 40.3 Å². The summed E-state index contributed by atoms with van der Waals surface area (Å²) in [6.07, 6.45) is 3.93. The van der Waals surface area contributed by atoms with E-state index in [9.17, 15) is 4.79 Å². The Hall–Kier alpha value is -1.70. The first-order valence-electron chi connectivity index (χ1n) is 8.26. The summed E-state index contributed by atoms with van der Waals surface area (Å²) in [5, 5.41) is 9.40. The lowest BCUT2D eigenvalue weighted by atomic mass is 10.2. The van der Waals surface area contributed by atoms with Gasteiger partial charge in [-0.3, -0.25) is 14.4 Å². The first-order chi connectivity index (χ1) is 11.6. The SMILES string of the molecule is Cc1cnn(C[C@@H]2CN(CC(=O)N[C@H](C)c3cccs3)CCO2)c1. The minimum atomic E-state index is 0.0568. The molecule has 7 heteroatoms. The van der Waals surface area contributed by atoms with Gasteiger partial charge in [-0.1, -0.05) is 6.07 Å². The van der Waals surface area contributed by atoms with Crippen molar-refractivity contribution in [1.29, 1.82) is 0 Å². The van der Waals surface area contributed by atoms with Crippen LogP contribution in [-0.4, -0.2) is 52.9 Å². The number of hydrogen-bond donors (Lipinski definition) is 1. The van der Waals surface area contributed by atoms with Gasteiger partial charge in [0.15, 0.2) is 0 Å². The van der Waals surface area contributed by atoms with Crippen molar-refractivity contribution < 1.29 is 9.53 Å². The van der Waals surface area contributed by atoms with Crippen LogP contribution < -0.4 is 5.32 Å². The van der Waals surface area contributed by atoms with Crippen molar-refractivity contribution in [2.75, 3.05) is 26.2 Å². The van der Waals surface area contributed by atoms with Crippen LogP contribution in [0.4, 0.5) is 0 Å². The van der Waals surface area contributed by atoms with E-state index >= 15 is 0 Å². The molecule has 0 aliphatic carbocycles. The molecule has 1 aliphatic rings. The van der Waals surface area contributed by atoms with Crippen LogP contribution in [0.3, 0.4) is 0 Å². The summed E-state index contributed by atoms with van der Waals surface area (Å²) in [7, 11) is 0. The van der Waals surface area contributed by atoms with Crippen molar-refractivity contribution in [2.45, 2.75) is 32.5 Å². The Bertz CT molecular complexity index is 655. The Morgan fingerprint density at radius 2 is 2.46 bits per heavy atom. The van der Waals surface area contributed by atoms with Crippen LogP contribution in [0.5, 0.6) is 0 Å². The molecule has 0 aromatic carbocycles. The maximum Gasteiger partial charge on any atom is 0.234 e. The van der Waals surface area contributed by atoms with Crippen LogP contribution in [0, 0.1) is 6.92 Å². The summed E-state index contributed by atoms with van der Waals surface area (Å²) in [4.78, 5) is 15.6. The Morgan fingerprint density at radius 1 is 1.58 bits per heavy atom. The van der Waals surface area contributed by atoms with Crippen LogP contribution in [0.15, 0.2) is 29.9 Å². The van der Waals surface area contributed by atoms with E-state index in [-0.39, 0.29) is 18.1 Å². The van der Waals surface area contributed by atoms with E-state index in [0.29, 0.717) is 13.2 Å². The van der Waals surface area contributed by atoms with Crippen molar-refractivity contribution >= 4 is 17.2 Å². The minimum Gasteiger partial charge on any atom is -0.374 e. The zero-order valence-corrected chi connectivity index (χ0v) is 15.0. The summed E-state index contributed by atoms with van der Waals surface area (Å²) < 4.78 is 7.72. The van der Waals surface area contributed by atoms with E-state index in [1.54, 1.807) is 11.3 Å². The standard InChI is InChI=1S/C17H24N4O2S/c1-13-8-18-21(9-13)11-15-10-20(5-6-23-15)12-17(22)19-14(2)16-4-3-7-24-16/h3-4,7-9,14-15H,5-6,10-12H2,1-2H3,(H,19,22)/t14-,15+/m1/s1. The van der Waals surface area contributed by atoms with Gasteiger partial charge in [0.25, 0.3) is 0 Å². The second-order valence-electron chi connectivity index (χ2n) is 6.27. The number of morpholine rings is 1. The van der Waals surface area contributed by atoms with Crippen molar-refractivity contribution in [2.24, 2.45) is 0 Å². The zero-order chi connectivity index (χ0) is 16.9. The molecular formula is C17H24N4O2S. The molecule has 2 aromatic heterocycles. The quantitative estimate of drug-likeness (QED) is 0.865. The molecule has 0 bridgehead atoms. The van der Waals surface area contributed by atoms with E-state index < -0.39 is 0 Å². The van der Waals surface area contributed by atoms with E-state index in [1.165, 1.54) is 4.88 Å². The molecule has 0 unspecified atom stereocenters. The highest BCUT2D eigenvalue weighted by molar-refractivity contribution is 7.10. The molecule has 0 saturated carbocycles. The van der Waals surface area contributed by atoms with E-state index in [2.05, 4.69) is 15.3 Å². The summed E-state index contributed by atoms with van der Waals surface area (Å²) in [5.41, 5.74) is 1.14. The van der Waals surface area contributed by atoms with Gasteiger partial charge >= 0.3 is 0 Å². The largest absolute Gasteiger partial charge is 0.374 e. The predicted octanol–water partition coefficient (Wildman–Crippen LogP) is 1.83. The molecule has 1 fully saturated rings. The molecule has 1 N–H and O–H groups in total. The monoisotopic (exact) mass is 348 g/mol. The Morgan fingerprint density at radius 3 is 3.17 bits per heavy atom. The lowest BCUT2D eigenvalue weighted by Crippen LogP contribution is -2.48. The number of carbonyl (C=O) groups excluding carboxylic acids is 1.